The average Bonchev–Trinajstić information content (AvgIpc) is 3.24. The van der Waals surface area contributed by atoms with Gasteiger partial charge in [0.25, 0.3) is 5.91 Å². The van der Waals surface area contributed by atoms with E-state index in [0.29, 0.717) is 28.3 Å². The molecule has 1 fully saturated rings. The normalized spacial score (nSPS) is 18.2. The van der Waals surface area contributed by atoms with Crippen LogP contribution in [-0.4, -0.2) is 27.0 Å². The molecule has 0 spiro atoms. The van der Waals surface area contributed by atoms with Gasteiger partial charge in [-0.15, -0.1) is 0 Å². The SMILES string of the molecule is C=Cc1[nH]ncc1-c1cc2c(c(C(F)(F)F)c1)C(=O)N([C@@H](C)C1CC1)C2. The summed E-state index contributed by atoms with van der Waals surface area (Å²) in [5.41, 5.74) is 0.797. The second kappa shape index (κ2) is 5.72. The number of benzene rings is 1. The molecule has 4 nitrogen and oxygen atoms in total. The molecule has 1 aliphatic carbocycles. The number of carbonyl (C=O) groups is 1. The lowest BCUT2D eigenvalue weighted by Gasteiger charge is -2.24. The number of amides is 1. The van der Waals surface area contributed by atoms with Crippen molar-refractivity contribution in [3.8, 4) is 11.1 Å². The summed E-state index contributed by atoms with van der Waals surface area (Å²) in [6.07, 6.45) is 0.426. The number of aromatic amines is 1. The highest BCUT2D eigenvalue weighted by molar-refractivity contribution is 6.01. The summed E-state index contributed by atoms with van der Waals surface area (Å²) in [6, 6.07) is 2.66. The van der Waals surface area contributed by atoms with Crippen LogP contribution in [-0.2, 0) is 12.7 Å². The van der Waals surface area contributed by atoms with Gasteiger partial charge in [0.15, 0.2) is 0 Å². The van der Waals surface area contributed by atoms with Crippen LogP contribution in [0.3, 0.4) is 0 Å². The van der Waals surface area contributed by atoms with Gasteiger partial charge in [-0.2, -0.15) is 18.3 Å². The van der Waals surface area contributed by atoms with Crippen molar-refractivity contribution >= 4 is 12.0 Å². The molecular weight excluding hydrogens is 343 g/mol. The van der Waals surface area contributed by atoms with Crippen molar-refractivity contribution in [3.63, 3.8) is 0 Å². The van der Waals surface area contributed by atoms with Crippen molar-refractivity contribution in [2.75, 3.05) is 0 Å². The molecule has 0 radical (unpaired) electrons. The van der Waals surface area contributed by atoms with Crippen LogP contribution in [0.15, 0.2) is 24.9 Å². The highest BCUT2D eigenvalue weighted by atomic mass is 19.4. The van der Waals surface area contributed by atoms with E-state index in [2.05, 4.69) is 16.8 Å². The van der Waals surface area contributed by atoms with Gasteiger partial charge in [-0.25, -0.2) is 0 Å². The summed E-state index contributed by atoms with van der Waals surface area (Å²) in [4.78, 5) is 14.3. The van der Waals surface area contributed by atoms with E-state index in [9.17, 15) is 18.0 Å². The Kier molecular flexibility index (Phi) is 3.71. The van der Waals surface area contributed by atoms with Gasteiger partial charge in [0.2, 0.25) is 0 Å². The average molecular weight is 361 g/mol. The maximum absolute atomic E-state index is 13.7. The van der Waals surface area contributed by atoms with Crippen LogP contribution in [0.4, 0.5) is 13.2 Å². The largest absolute Gasteiger partial charge is 0.417 e. The molecule has 1 aromatic heterocycles. The zero-order valence-corrected chi connectivity index (χ0v) is 14.2. The summed E-state index contributed by atoms with van der Waals surface area (Å²) >= 11 is 0. The number of halogens is 3. The third-order valence-electron chi connectivity index (χ3n) is 5.32. The highest BCUT2D eigenvalue weighted by Crippen LogP contribution is 2.43. The molecule has 1 saturated carbocycles. The van der Waals surface area contributed by atoms with E-state index in [1.54, 1.807) is 11.0 Å². The monoisotopic (exact) mass is 361 g/mol. The molecule has 1 aliphatic heterocycles. The van der Waals surface area contributed by atoms with Crippen LogP contribution in [0, 0.1) is 5.92 Å². The lowest BCUT2D eigenvalue weighted by molar-refractivity contribution is -0.137. The smallest absolute Gasteiger partial charge is 0.331 e. The fraction of sp³-hybridized carbons (Fsp3) is 0.368. The third kappa shape index (κ3) is 2.62. The first kappa shape index (κ1) is 16.9. The van der Waals surface area contributed by atoms with Gasteiger partial charge in [0.1, 0.15) is 0 Å². The summed E-state index contributed by atoms with van der Waals surface area (Å²) in [5.74, 6) is -0.127. The Labute approximate surface area is 148 Å². The van der Waals surface area contributed by atoms with Crippen molar-refractivity contribution < 1.29 is 18.0 Å². The predicted octanol–water partition coefficient (Wildman–Crippen LogP) is 4.49. The number of alkyl halides is 3. The molecule has 2 heterocycles. The van der Waals surface area contributed by atoms with Gasteiger partial charge >= 0.3 is 6.18 Å². The molecule has 26 heavy (non-hydrogen) atoms. The first-order chi connectivity index (χ1) is 12.3. The third-order valence-corrected chi connectivity index (χ3v) is 5.32. The summed E-state index contributed by atoms with van der Waals surface area (Å²) < 4.78 is 41.1. The number of rotatable bonds is 4. The number of hydrogen-bond acceptors (Lipinski definition) is 2. The molecule has 0 bridgehead atoms. The van der Waals surface area contributed by atoms with Crippen LogP contribution in [0.5, 0.6) is 0 Å². The summed E-state index contributed by atoms with van der Waals surface area (Å²) in [7, 11) is 0. The molecule has 2 aromatic rings. The number of H-pyrrole nitrogens is 1. The molecule has 4 rings (SSSR count). The molecule has 0 saturated heterocycles. The Bertz CT molecular complexity index is 896. The van der Waals surface area contributed by atoms with E-state index in [4.69, 9.17) is 0 Å². The zero-order chi connectivity index (χ0) is 18.6. The van der Waals surface area contributed by atoms with E-state index < -0.39 is 17.6 Å². The van der Waals surface area contributed by atoms with Crippen molar-refractivity contribution in [2.45, 2.75) is 38.5 Å². The van der Waals surface area contributed by atoms with E-state index in [1.807, 2.05) is 6.92 Å². The first-order valence-corrected chi connectivity index (χ1v) is 8.52. The molecule has 1 atom stereocenters. The fourth-order valence-corrected chi connectivity index (χ4v) is 3.70. The first-order valence-electron chi connectivity index (χ1n) is 8.52. The van der Waals surface area contributed by atoms with Crippen molar-refractivity contribution in [1.29, 1.82) is 0 Å². The number of nitrogens with one attached hydrogen (secondary N) is 1. The fourth-order valence-electron chi connectivity index (χ4n) is 3.70. The second-order valence-corrected chi connectivity index (χ2v) is 6.97. The van der Waals surface area contributed by atoms with Crippen molar-refractivity contribution in [1.82, 2.24) is 15.1 Å². The zero-order valence-electron chi connectivity index (χ0n) is 14.2. The van der Waals surface area contributed by atoms with Gasteiger partial charge in [-0.1, -0.05) is 6.58 Å². The minimum absolute atomic E-state index is 0.0444. The minimum atomic E-state index is -4.60. The molecule has 2 aliphatic rings. The maximum Gasteiger partial charge on any atom is 0.417 e. The van der Waals surface area contributed by atoms with Gasteiger partial charge < -0.3 is 4.90 Å². The van der Waals surface area contributed by atoms with Crippen LogP contribution in [0.2, 0.25) is 0 Å². The Morgan fingerprint density at radius 2 is 2.12 bits per heavy atom. The van der Waals surface area contributed by atoms with Gasteiger partial charge in [0.05, 0.1) is 23.0 Å². The van der Waals surface area contributed by atoms with Gasteiger partial charge in [-0.3, -0.25) is 9.89 Å². The summed E-state index contributed by atoms with van der Waals surface area (Å²) in [6.45, 7) is 5.78. The molecular formula is C19H18F3N3O. The van der Waals surface area contributed by atoms with E-state index >= 15 is 0 Å². The van der Waals surface area contributed by atoms with Crippen LogP contribution >= 0.6 is 0 Å². The standard InChI is InChI=1S/C19H18F3N3O/c1-3-16-14(8-23-24-16)12-6-13-9-25(10(2)11-4-5-11)18(26)17(13)15(7-12)19(20,21)22/h3,6-8,10-11H,1,4-5,9H2,2H3,(H,23,24)/t10-/m0/s1. The molecule has 0 unspecified atom stereocenters. The van der Waals surface area contributed by atoms with Crippen molar-refractivity contribution in [3.05, 3.63) is 47.3 Å². The van der Waals surface area contributed by atoms with Gasteiger partial charge in [0, 0.05) is 18.2 Å². The Morgan fingerprint density at radius 1 is 1.38 bits per heavy atom. The highest BCUT2D eigenvalue weighted by Gasteiger charge is 2.44. The number of aromatic nitrogens is 2. The van der Waals surface area contributed by atoms with Crippen LogP contribution in [0.25, 0.3) is 17.2 Å². The van der Waals surface area contributed by atoms with Gasteiger partial charge in [-0.05, 0) is 55.0 Å². The number of carbonyl (C=O) groups excluding carboxylic acids is 1. The van der Waals surface area contributed by atoms with Crippen LogP contribution in [0.1, 0.15) is 46.9 Å². The maximum atomic E-state index is 13.7. The predicted molar refractivity (Wildman–Crippen MR) is 91.2 cm³/mol. The van der Waals surface area contributed by atoms with E-state index in [1.165, 1.54) is 12.3 Å². The van der Waals surface area contributed by atoms with Crippen molar-refractivity contribution in [2.24, 2.45) is 5.92 Å². The second-order valence-electron chi connectivity index (χ2n) is 6.97. The Morgan fingerprint density at radius 3 is 2.73 bits per heavy atom. The van der Waals surface area contributed by atoms with Crippen LogP contribution < -0.4 is 0 Å². The molecule has 7 heteroatoms. The lowest BCUT2D eigenvalue weighted by Crippen LogP contribution is -2.35. The number of fused-ring (bicyclic) bond motifs is 1. The van der Waals surface area contributed by atoms with E-state index in [0.717, 1.165) is 18.9 Å². The number of hydrogen-bond donors (Lipinski definition) is 1. The molecule has 1 amide bonds. The minimum Gasteiger partial charge on any atom is -0.331 e. The number of nitrogens with zero attached hydrogens (tertiary/aromatic N) is 2. The quantitative estimate of drug-likeness (QED) is 0.872. The Hall–Kier alpha value is -2.57. The van der Waals surface area contributed by atoms with E-state index in [-0.39, 0.29) is 18.2 Å². The summed E-state index contributed by atoms with van der Waals surface area (Å²) in [5, 5.41) is 6.60. The lowest BCUT2D eigenvalue weighted by atomic mass is 9.95. The topological polar surface area (TPSA) is 49.0 Å². The Balaban J connectivity index is 1.85. The molecule has 136 valence electrons. The molecule has 1 N–H and O–H groups in total. The molecule has 1 aromatic carbocycles.